The summed E-state index contributed by atoms with van der Waals surface area (Å²) in [5.74, 6) is -0.873. The molecule has 2 aromatic heterocycles. The first-order valence-electron chi connectivity index (χ1n) is 8.61. The average molecular weight is 410 g/mol. The highest BCUT2D eigenvalue weighted by atomic mass is 35.5. The van der Waals surface area contributed by atoms with E-state index in [9.17, 15) is 14.0 Å². The molecule has 144 valence electrons. The maximum atomic E-state index is 14.3. The number of aryl methyl sites for hydroxylation is 1. The number of hydrogen-bond acceptors (Lipinski definition) is 5. The molecule has 5 nitrogen and oxygen atoms in total. The first-order valence-corrected chi connectivity index (χ1v) is 8.98. The number of aromatic nitrogens is 1. The summed E-state index contributed by atoms with van der Waals surface area (Å²) in [6.45, 7) is 1.55. The Morgan fingerprint density at radius 2 is 1.93 bits per heavy atom. The van der Waals surface area contributed by atoms with Crippen LogP contribution in [-0.4, -0.2) is 11.0 Å². The molecular formula is C22H13ClFNO4. The maximum absolute atomic E-state index is 14.3. The molecule has 4 rings (SSSR count). The van der Waals surface area contributed by atoms with Crippen LogP contribution in [0.4, 0.5) is 4.39 Å². The van der Waals surface area contributed by atoms with Gasteiger partial charge in [-0.15, -0.1) is 0 Å². The van der Waals surface area contributed by atoms with Crippen LogP contribution in [0.1, 0.15) is 16.2 Å². The van der Waals surface area contributed by atoms with Crippen LogP contribution in [0.2, 0.25) is 5.02 Å². The van der Waals surface area contributed by atoms with Gasteiger partial charge in [0.2, 0.25) is 5.43 Å². The van der Waals surface area contributed by atoms with Crippen molar-refractivity contribution in [3.05, 3.63) is 93.3 Å². The lowest BCUT2D eigenvalue weighted by atomic mass is 10.0. The number of carbonyl (C=O) groups excluding carboxylic acids is 1. The number of pyridine rings is 1. The topological polar surface area (TPSA) is 69.4 Å². The second-order valence-corrected chi connectivity index (χ2v) is 6.63. The minimum absolute atomic E-state index is 0.00651. The average Bonchev–Trinajstić information content (AvgIpc) is 2.70. The fourth-order valence-electron chi connectivity index (χ4n) is 3.02. The second-order valence-electron chi connectivity index (χ2n) is 6.22. The summed E-state index contributed by atoms with van der Waals surface area (Å²) in [6, 6.07) is 13.4. The van der Waals surface area contributed by atoms with Gasteiger partial charge in [0.15, 0.2) is 0 Å². The number of esters is 1. The molecule has 0 aliphatic rings. The van der Waals surface area contributed by atoms with Gasteiger partial charge < -0.3 is 9.15 Å². The van der Waals surface area contributed by atoms with Gasteiger partial charge in [0, 0.05) is 17.8 Å². The van der Waals surface area contributed by atoms with Gasteiger partial charge in [-0.3, -0.25) is 4.79 Å². The van der Waals surface area contributed by atoms with E-state index in [-0.39, 0.29) is 44.3 Å². The molecule has 0 atom stereocenters. The Balaban J connectivity index is 1.78. The quantitative estimate of drug-likeness (QED) is 0.344. The van der Waals surface area contributed by atoms with Gasteiger partial charge in [0.05, 0.1) is 16.0 Å². The summed E-state index contributed by atoms with van der Waals surface area (Å²) in [5, 5.41) is 0.322. The molecule has 0 aliphatic heterocycles. The zero-order valence-electron chi connectivity index (χ0n) is 15.1. The van der Waals surface area contributed by atoms with Crippen molar-refractivity contribution < 1.29 is 18.3 Å². The van der Waals surface area contributed by atoms with Gasteiger partial charge in [-0.05, 0) is 43.3 Å². The normalized spacial score (nSPS) is 10.9. The van der Waals surface area contributed by atoms with E-state index < -0.39 is 17.2 Å². The van der Waals surface area contributed by atoms with Crippen LogP contribution in [-0.2, 0) is 0 Å². The minimum Gasteiger partial charge on any atom is -0.460 e. The van der Waals surface area contributed by atoms with Crippen molar-refractivity contribution in [2.45, 2.75) is 6.92 Å². The van der Waals surface area contributed by atoms with Crippen molar-refractivity contribution in [2.24, 2.45) is 0 Å². The van der Waals surface area contributed by atoms with Crippen LogP contribution in [0.25, 0.3) is 22.1 Å². The standard InChI is InChI=1S/C22H13ClFNO4/c1-12-19(20-15(23)5-4-6-16(20)24)21(26)14-9-8-13(11-18(14)28-12)29-22(27)17-7-2-3-10-25-17/h2-11H,1H3. The van der Waals surface area contributed by atoms with Gasteiger partial charge in [-0.25, -0.2) is 14.2 Å². The van der Waals surface area contributed by atoms with E-state index in [1.54, 1.807) is 19.1 Å². The van der Waals surface area contributed by atoms with Crippen LogP contribution < -0.4 is 10.2 Å². The summed E-state index contributed by atoms with van der Waals surface area (Å²) < 4.78 is 25.4. The van der Waals surface area contributed by atoms with Crippen LogP contribution in [0.3, 0.4) is 0 Å². The van der Waals surface area contributed by atoms with E-state index in [1.807, 2.05) is 0 Å². The predicted octanol–water partition coefficient (Wildman–Crippen LogP) is 5.18. The molecule has 0 bridgehead atoms. The molecular weight excluding hydrogens is 397 g/mol. The Morgan fingerprint density at radius 3 is 2.66 bits per heavy atom. The molecule has 0 unspecified atom stereocenters. The SMILES string of the molecule is Cc1oc2cc(OC(=O)c3ccccn3)ccc2c(=O)c1-c1c(F)cccc1Cl. The molecule has 0 N–H and O–H groups in total. The number of halogens is 2. The molecule has 0 spiro atoms. The molecule has 0 saturated carbocycles. The number of hydrogen-bond donors (Lipinski definition) is 0. The molecule has 0 saturated heterocycles. The van der Waals surface area contributed by atoms with E-state index in [0.29, 0.717) is 0 Å². The Kier molecular flexibility index (Phi) is 4.86. The van der Waals surface area contributed by atoms with Gasteiger partial charge >= 0.3 is 5.97 Å². The van der Waals surface area contributed by atoms with Gasteiger partial charge in [0.25, 0.3) is 0 Å². The smallest absolute Gasteiger partial charge is 0.362 e. The van der Waals surface area contributed by atoms with E-state index in [0.717, 1.165) is 0 Å². The Labute approximate surface area is 169 Å². The summed E-state index contributed by atoms with van der Waals surface area (Å²) in [7, 11) is 0. The first-order chi connectivity index (χ1) is 14.0. The fourth-order valence-corrected chi connectivity index (χ4v) is 3.28. The van der Waals surface area contributed by atoms with Gasteiger partial charge in [0.1, 0.15) is 28.6 Å². The number of fused-ring (bicyclic) bond motifs is 1. The predicted molar refractivity (Wildman–Crippen MR) is 107 cm³/mol. The summed E-state index contributed by atoms with van der Waals surface area (Å²) in [4.78, 5) is 29.1. The molecule has 4 aromatic rings. The highest BCUT2D eigenvalue weighted by Gasteiger charge is 2.20. The molecule has 7 heteroatoms. The Morgan fingerprint density at radius 1 is 1.10 bits per heavy atom. The number of ether oxygens (including phenoxy) is 1. The lowest BCUT2D eigenvalue weighted by Gasteiger charge is -2.10. The Hall–Kier alpha value is -3.51. The summed E-state index contributed by atoms with van der Waals surface area (Å²) in [5.41, 5.74) is -0.0324. The van der Waals surface area contributed by atoms with Crippen molar-refractivity contribution in [2.75, 3.05) is 0 Å². The fraction of sp³-hybridized carbons (Fsp3) is 0.0455. The molecule has 2 aromatic carbocycles. The second kappa shape index (κ2) is 7.48. The highest BCUT2D eigenvalue weighted by Crippen LogP contribution is 2.32. The molecule has 0 aliphatic carbocycles. The monoisotopic (exact) mass is 409 g/mol. The van der Waals surface area contributed by atoms with E-state index in [1.165, 1.54) is 48.7 Å². The highest BCUT2D eigenvalue weighted by molar-refractivity contribution is 6.33. The molecule has 2 heterocycles. The minimum atomic E-state index is -0.640. The van der Waals surface area contributed by atoms with Crippen LogP contribution >= 0.6 is 11.6 Å². The Bertz CT molecular complexity index is 1280. The zero-order chi connectivity index (χ0) is 20.5. The van der Waals surface area contributed by atoms with Crippen molar-refractivity contribution in [1.82, 2.24) is 4.98 Å². The maximum Gasteiger partial charge on any atom is 0.362 e. The van der Waals surface area contributed by atoms with Crippen LogP contribution in [0.5, 0.6) is 5.75 Å². The number of rotatable bonds is 3. The number of nitrogens with zero attached hydrogens (tertiary/aromatic N) is 1. The van der Waals surface area contributed by atoms with E-state index >= 15 is 0 Å². The third-order valence-electron chi connectivity index (χ3n) is 4.34. The van der Waals surface area contributed by atoms with Crippen molar-refractivity contribution >= 4 is 28.5 Å². The summed E-state index contributed by atoms with van der Waals surface area (Å²) >= 11 is 6.12. The first kappa shape index (κ1) is 18.8. The van der Waals surface area contributed by atoms with Crippen LogP contribution in [0.15, 0.2) is 70.0 Å². The van der Waals surface area contributed by atoms with E-state index in [2.05, 4.69) is 4.98 Å². The van der Waals surface area contributed by atoms with Gasteiger partial charge in [-0.1, -0.05) is 23.7 Å². The molecule has 29 heavy (non-hydrogen) atoms. The lowest BCUT2D eigenvalue weighted by molar-refractivity contribution is 0.0729. The van der Waals surface area contributed by atoms with E-state index in [4.69, 9.17) is 20.8 Å². The number of benzene rings is 2. The van der Waals surface area contributed by atoms with Crippen molar-refractivity contribution in [1.29, 1.82) is 0 Å². The lowest BCUT2D eigenvalue weighted by Crippen LogP contribution is -2.11. The largest absolute Gasteiger partial charge is 0.460 e. The molecule has 0 radical (unpaired) electrons. The third kappa shape index (κ3) is 3.50. The third-order valence-corrected chi connectivity index (χ3v) is 4.65. The van der Waals surface area contributed by atoms with Crippen LogP contribution in [0, 0.1) is 12.7 Å². The zero-order valence-corrected chi connectivity index (χ0v) is 15.9. The summed E-state index contributed by atoms with van der Waals surface area (Å²) in [6.07, 6.45) is 1.48. The van der Waals surface area contributed by atoms with Crippen molar-refractivity contribution in [3.63, 3.8) is 0 Å². The molecule has 0 amide bonds. The molecule has 0 fully saturated rings. The van der Waals surface area contributed by atoms with Crippen molar-refractivity contribution in [3.8, 4) is 16.9 Å². The number of carbonyl (C=O) groups is 1. The van der Waals surface area contributed by atoms with Gasteiger partial charge in [-0.2, -0.15) is 0 Å².